The van der Waals surface area contributed by atoms with E-state index in [-0.39, 0.29) is 5.91 Å². The third-order valence-electron chi connectivity index (χ3n) is 6.82. The van der Waals surface area contributed by atoms with Gasteiger partial charge in [0, 0.05) is 29.5 Å². The zero-order valence-corrected chi connectivity index (χ0v) is 20.1. The number of methoxy groups -OCH3 is 1. The van der Waals surface area contributed by atoms with Crippen molar-refractivity contribution in [2.24, 2.45) is 0 Å². The molecule has 1 fully saturated rings. The summed E-state index contributed by atoms with van der Waals surface area (Å²) in [5.41, 5.74) is 4.51. The number of piperidine rings is 1. The molecule has 0 atom stereocenters. The van der Waals surface area contributed by atoms with E-state index in [0.29, 0.717) is 28.8 Å². The van der Waals surface area contributed by atoms with E-state index in [1.165, 1.54) is 6.33 Å². The summed E-state index contributed by atoms with van der Waals surface area (Å²) in [6.07, 6.45) is 10.7. The van der Waals surface area contributed by atoms with E-state index in [1.807, 2.05) is 41.3 Å². The number of rotatable bonds is 5. The Morgan fingerprint density at radius 3 is 2.81 bits per heavy atom. The molecule has 1 aromatic carbocycles. The highest BCUT2D eigenvalue weighted by atomic mass is 16.5. The number of anilines is 1. The number of benzene rings is 1. The van der Waals surface area contributed by atoms with Crippen LogP contribution in [0.1, 0.15) is 29.2 Å². The highest BCUT2D eigenvalue weighted by Crippen LogP contribution is 2.32. The molecule has 36 heavy (non-hydrogen) atoms. The second-order valence-electron chi connectivity index (χ2n) is 9.13. The number of aromatic amines is 1. The smallest absolute Gasteiger partial charge is 0.257 e. The molecule has 0 bridgehead atoms. The summed E-state index contributed by atoms with van der Waals surface area (Å²) in [7, 11) is 3.73. The average molecular weight is 483 g/mol. The Hall–Kier alpha value is -4.31. The summed E-state index contributed by atoms with van der Waals surface area (Å²) in [6.45, 7) is 2.10. The molecular weight excluding hydrogens is 456 g/mol. The van der Waals surface area contributed by atoms with Gasteiger partial charge in [0.25, 0.3) is 5.91 Å². The number of H-pyrrole nitrogens is 1. The van der Waals surface area contributed by atoms with E-state index in [0.717, 1.165) is 53.3 Å². The quantitative estimate of drug-likeness (QED) is 0.391. The first-order valence-corrected chi connectivity index (χ1v) is 11.9. The Morgan fingerprint density at radius 1 is 1.11 bits per heavy atom. The Morgan fingerprint density at radius 2 is 1.97 bits per heavy atom. The zero-order valence-electron chi connectivity index (χ0n) is 20.1. The highest BCUT2D eigenvalue weighted by molar-refractivity contribution is 6.07. The lowest BCUT2D eigenvalue weighted by molar-refractivity contribution is 0.102. The van der Waals surface area contributed by atoms with E-state index in [4.69, 9.17) is 4.74 Å². The van der Waals surface area contributed by atoms with Crippen molar-refractivity contribution in [1.29, 1.82) is 0 Å². The van der Waals surface area contributed by atoms with Crippen molar-refractivity contribution in [3.05, 3.63) is 60.9 Å². The number of amides is 1. The third-order valence-corrected chi connectivity index (χ3v) is 6.82. The van der Waals surface area contributed by atoms with Crippen LogP contribution < -0.4 is 10.1 Å². The topological polar surface area (TPSA) is 114 Å². The number of pyridine rings is 1. The maximum absolute atomic E-state index is 13.1. The van der Waals surface area contributed by atoms with Crippen LogP contribution in [0.2, 0.25) is 0 Å². The lowest BCUT2D eigenvalue weighted by Crippen LogP contribution is -2.31. The molecule has 5 aromatic rings. The lowest BCUT2D eigenvalue weighted by Gasteiger charge is -2.28. The molecular formula is C26H26N8O2. The number of likely N-dealkylation sites (tertiary alicyclic amines) is 1. The van der Waals surface area contributed by atoms with Gasteiger partial charge < -0.3 is 19.9 Å². The Bertz CT molecular complexity index is 1570. The molecule has 6 rings (SSSR count). The van der Waals surface area contributed by atoms with Crippen LogP contribution in [0.15, 0.2) is 55.4 Å². The van der Waals surface area contributed by atoms with Gasteiger partial charge in [0.05, 0.1) is 41.5 Å². The SMILES string of the molecule is COc1ncnc2ccc(-c3c[nH]c4ncc(C(=O)Nc5cnn(C6CCN(C)CC6)c5)cc34)cc12. The van der Waals surface area contributed by atoms with Crippen LogP contribution in [0.5, 0.6) is 5.88 Å². The number of carbonyl (C=O) groups is 1. The Balaban J connectivity index is 1.27. The van der Waals surface area contributed by atoms with Crippen molar-refractivity contribution >= 4 is 33.5 Å². The van der Waals surface area contributed by atoms with Gasteiger partial charge in [0.15, 0.2) is 0 Å². The minimum Gasteiger partial charge on any atom is -0.480 e. The van der Waals surface area contributed by atoms with E-state index < -0.39 is 0 Å². The van der Waals surface area contributed by atoms with Crippen LogP contribution in [0.3, 0.4) is 0 Å². The second-order valence-corrected chi connectivity index (χ2v) is 9.13. The summed E-state index contributed by atoms with van der Waals surface area (Å²) in [5, 5.41) is 9.12. The van der Waals surface area contributed by atoms with Crippen LogP contribution in [0, 0.1) is 0 Å². The molecule has 1 saturated heterocycles. The summed E-state index contributed by atoms with van der Waals surface area (Å²) >= 11 is 0. The molecule has 4 aromatic heterocycles. The Kier molecular flexibility index (Phi) is 5.57. The van der Waals surface area contributed by atoms with Crippen molar-refractivity contribution in [2.45, 2.75) is 18.9 Å². The zero-order chi connectivity index (χ0) is 24.6. The molecule has 0 aliphatic carbocycles. The number of nitrogens with one attached hydrogen (secondary N) is 2. The normalized spacial score (nSPS) is 14.9. The number of carbonyl (C=O) groups excluding carboxylic acids is 1. The summed E-state index contributed by atoms with van der Waals surface area (Å²) in [5.74, 6) is 0.286. The molecule has 10 nitrogen and oxygen atoms in total. The van der Waals surface area contributed by atoms with Crippen molar-refractivity contribution in [3.63, 3.8) is 0 Å². The standard InChI is InChI=1S/C26H26N8O2/c1-33-7-5-19(6-8-33)34-14-18(12-31-34)32-25(35)17-10-20-22(13-28-24(20)27-11-17)16-3-4-23-21(9-16)26(36-2)30-15-29-23/h3-4,9-15,19H,5-8H2,1-2H3,(H,27,28)(H,32,35). The van der Waals surface area contributed by atoms with Crippen molar-refractivity contribution < 1.29 is 9.53 Å². The second kappa shape index (κ2) is 9.04. The Labute approximate surface area is 207 Å². The van der Waals surface area contributed by atoms with Gasteiger partial charge in [-0.2, -0.15) is 5.10 Å². The van der Waals surface area contributed by atoms with Crippen molar-refractivity contribution in [1.82, 2.24) is 34.6 Å². The first-order valence-electron chi connectivity index (χ1n) is 11.9. The monoisotopic (exact) mass is 482 g/mol. The predicted octanol–water partition coefficient (Wildman–Crippen LogP) is 3.90. The van der Waals surface area contributed by atoms with Gasteiger partial charge in [-0.3, -0.25) is 9.48 Å². The number of aromatic nitrogens is 6. The molecule has 182 valence electrons. The molecule has 1 aliphatic heterocycles. The highest BCUT2D eigenvalue weighted by Gasteiger charge is 2.20. The van der Waals surface area contributed by atoms with E-state index >= 15 is 0 Å². The van der Waals surface area contributed by atoms with Gasteiger partial charge in [-0.05, 0) is 56.7 Å². The molecule has 2 N–H and O–H groups in total. The number of hydrogen-bond acceptors (Lipinski definition) is 7. The fourth-order valence-corrected chi connectivity index (χ4v) is 4.79. The van der Waals surface area contributed by atoms with Gasteiger partial charge in [-0.1, -0.05) is 6.07 Å². The molecule has 0 spiro atoms. The minimum atomic E-state index is -0.229. The molecule has 5 heterocycles. The van der Waals surface area contributed by atoms with Gasteiger partial charge in [-0.25, -0.2) is 15.0 Å². The number of hydrogen-bond donors (Lipinski definition) is 2. The third kappa shape index (κ3) is 4.05. The van der Waals surface area contributed by atoms with Crippen LogP contribution >= 0.6 is 0 Å². The first kappa shape index (κ1) is 22.2. The largest absolute Gasteiger partial charge is 0.480 e. The fourth-order valence-electron chi connectivity index (χ4n) is 4.79. The maximum Gasteiger partial charge on any atom is 0.257 e. The molecule has 1 aliphatic rings. The predicted molar refractivity (Wildman–Crippen MR) is 137 cm³/mol. The summed E-state index contributed by atoms with van der Waals surface area (Å²) in [6, 6.07) is 8.12. The van der Waals surface area contributed by atoms with Crippen LogP contribution in [-0.2, 0) is 0 Å². The maximum atomic E-state index is 13.1. The molecule has 10 heteroatoms. The van der Waals surface area contributed by atoms with E-state index in [9.17, 15) is 4.79 Å². The molecule has 0 unspecified atom stereocenters. The molecule has 0 saturated carbocycles. The molecule has 0 radical (unpaired) electrons. The molecule has 1 amide bonds. The van der Waals surface area contributed by atoms with Crippen molar-refractivity contribution in [3.8, 4) is 17.0 Å². The summed E-state index contributed by atoms with van der Waals surface area (Å²) < 4.78 is 7.37. The average Bonchev–Trinajstić information content (AvgIpc) is 3.55. The fraction of sp³-hybridized carbons (Fsp3) is 0.269. The van der Waals surface area contributed by atoms with Crippen LogP contribution in [0.4, 0.5) is 5.69 Å². The summed E-state index contributed by atoms with van der Waals surface area (Å²) in [4.78, 5) is 31.6. The van der Waals surface area contributed by atoms with Gasteiger partial charge in [-0.15, -0.1) is 0 Å². The van der Waals surface area contributed by atoms with Crippen LogP contribution in [0.25, 0.3) is 33.1 Å². The lowest BCUT2D eigenvalue weighted by atomic mass is 10.0. The number of nitrogens with zero attached hydrogens (tertiary/aromatic N) is 6. The minimum absolute atomic E-state index is 0.229. The van der Waals surface area contributed by atoms with E-state index in [2.05, 4.69) is 42.3 Å². The number of fused-ring (bicyclic) bond motifs is 2. The van der Waals surface area contributed by atoms with Gasteiger partial charge in [0.2, 0.25) is 5.88 Å². The number of ether oxygens (including phenoxy) is 1. The first-order chi connectivity index (χ1) is 17.6. The van der Waals surface area contributed by atoms with Gasteiger partial charge in [0.1, 0.15) is 12.0 Å². The van der Waals surface area contributed by atoms with Gasteiger partial charge >= 0.3 is 0 Å². The van der Waals surface area contributed by atoms with Crippen molar-refractivity contribution in [2.75, 3.05) is 32.6 Å². The van der Waals surface area contributed by atoms with E-state index in [1.54, 1.807) is 19.5 Å². The van der Waals surface area contributed by atoms with Crippen LogP contribution in [-0.4, -0.2) is 67.8 Å².